The molecule has 8 heteroatoms. The molecule has 0 fully saturated rings. The molecule has 0 aromatic heterocycles. The number of nitrogens with zero attached hydrogens (tertiary/aromatic N) is 1. The first kappa shape index (κ1) is 27.6. The number of ether oxygens (including phenoxy) is 2. The highest BCUT2D eigenvalue weighted by Gasteiger charge is 2.39. The smallest absolute Gasteiger partial charge is 0.281 e. The minimum absolute atomic E-state index is 0.376. The first-order valence-electron chi connectivity index (χ1n) is 11.9. The molecule has 0 aliphatic rings. The van der Waals surface area contributed by atoms with Gasteiger partial charge < -0.3 is 14.6 Å². The summed E-state index contributed by atoms with van der Waals surface area (Å²) in [5, 5.41) is 15.7. The van der Waals surface area contributed by atoms with Crippen LogP contribution in [-0.4, -0.2) is 23.8 Å². The maximum atomic E-state index is 13.3. The first-order chi connectivity index (χ1) is 18.4. The summed E-state index contributed by atoms with van der Waals surface area (Å²) in [6, 6.07) is 29.0. The number of benzene rings is 4. The molecule has 4 rings (SSSR count). The third kappa shape index (κ3) is 6.51. The molecule has 0 aliphatic carbocycles. The average molecular weight is 638 g/mol. The number of carbonyl (C=O) groups is 1. The molecule has 1 amide bonds. The minimum atomic E-state index is -1.92. The Labute approximate surface area is 238 Å². The highest BCUT2D eigenvalue weighted by Crippen LogP contribution is 2.34. The van der Waals surface area contributed by atoms with E-state index in [1.54, 1.807) is 60.7 Å². The summed E-state index contributed by atoms with van der Waals surface area (Å²) in [7, 11) is 0. The van der Waals surface area contributed by atoms with Crippen molar-refractivity contribution in [2.45, 2.75) is 19.1 Å². The van der Waals surface area contributed by atoms with Gasteiger partial charge in [-0.25, -0.2) is 5.43 Å². The summed E-state index contributed by atoms with van der Waals surface area (Å²) in [6.07, 6.45) is 1.49. The summed E-state index contributed by atoms with van der Waals surface area (Å²) < 4.78 is 13.5. The number of hydrogen-bond acceptors (Lipinski definition) is 5. The molecular formula is C30H26Br2N2O4. The fourth-order valence-corrected chi connectivity index (χ4v) is 4.49. The maximum Gasteiger partial charge on any atom is 0.281 e. The molecule has 0 heterocycles. The van der Waals surface area contributed by atoms with Crippen LogP contribution in [0.2, 0.25) is 0 Å². The van der Waals surface area contributed by atoms with E-state index in [9.17, 15) is 9.90 Å². The molecule has 0 aliphatic heterocycles. The molecule has 6 nitrogen and oxygen atoms in total. The SMILES string of the molecule is CCOc1cc(/C=N\NC(=O)C(O)(c2ccccc2)c2ccccc2)c(Br)cc1OCc1ccc(Br)cc1. The van der Waals surface area contributed by atoms with Crippen molar-refractivity contribution in [1.29, 1.82) is 0 Å². The van der Waals surface area contributed by atoms with Crippen molar-refractivity contribution in [3.63, 3.8) is 0 Å². The fourth-order valence-electron chi connectivity index (χ4n) is 3.80. The van der Waals surface area contributed by atoms with Crippen LogP contribution in [0.25, 0.3) is 0 Å². The lowest BCUT2D eigenvalue weighted by Crippen LogP contribution is -2.43. The van der Waals surface area contributed by atoms with Crippen LogP contribution in [-0.2, 0) is 17.0 Å². The van der Waals surface area contributed by atoms with Gasteiger partial charge in [0.05, 0.1) is 12.8 Å². The van der Waals surface area contributed by atoms with Gasteiger partial charge in [-0.05, 0) is 63.8 Å². The van der Waals surface area contributed by atoms with Crippen LogP contribution in [0.5, 0.6) is 11.5 Å². The fraction of sp³-hybridized carbons (Fsp3) is 0.133. The lowest BCUT2D eigenvalue weighted by molar-refractivity contribution is -0.136. The van der Waals surface area contributed by atoms with E-state index >= 15 is 0 Å². The second kappa shape index (κ2) is 12.9. The summed E-state index contributed by atoms with van der Waals surface area (Å²) in [6.45, 7) is 2.72. The summed E-state index contributed by atoms with van der Waals surface area (Å²) >= 11 is 6.99. The van der Waals surface area contributed by atoms with Crippen LogP contribution in [0.15, 0.2) is 111 Å². The van der Waals surface area contributed by atoms with Crippen molar-refractivity contribution in [3.8, 4) is 11.5 Å². The van der Waals surface area contributed by atoms with Gasteiger partial charge in [-0.2, -0.15) is 5.10 Å². The van der Waals surface area contributed by atoms with Gasteiger partial charge in [0, 0.05) is 14.5 Å². The van der Waals surface area contributed by atoms with Crippen LogP contribution in [0.4, 0.5) is 0 Å². The van der Waals surface area contributed by atoms with Gasteiger partial charge in [-0.3, -0.25) is 4.79 Å². The molecule has 0 bridgehead atoms. The van der Waals surface area contributed by atoms with Gasteiger partial charge in [0.1, 0.15) is 6.61 Å². The Morgan fingerprint density at radius 3 is 2.05 bits per heavy atom. The van der Waals surface area contributed by atoms with Gasteiger partial charge in [-0.15, -0.1) is 0 Å². The highest BCUT2D eigenvalue weighted by molar-refractivity contribution is 9.10. The quantitative estimate of drug-likeness (QED) is 0.152. The zero-order chi connectivity index (χ0) is 27.0. The Morgan fingerprint density at radius 2 is 1.47 bits per heavy atom. The second-order valence-corrected chi connectivity index (χ2v) is 10.1. The molecule has 0 atom stereocenters. The molecule has 0 saturated carbocycles. The molecule has 2 N–H and O–H groups in total. The third-order valence-corrected chi connectivity index (χ3v) is 6.97. The van der Waals surface area contributed by atoms with E-state index in [4.69, 9.17) is 9.47 Å². The van der Waals surface area contributed by atoms with E-state index in [2.05, 4.69) is 42.4 Å². The van der Waals surface area contributed by atoms with Crippen LogP contribution in [0, 0.1) is 0 Å². The number of halogens is 2. The monoisotopic (exact) mass is 636 g/mol. The van der Waals surface area contributed by atoms with E-state index in [-0.39, 0.29) is 0 Å². The van der Waals surface area contributed by atoms with Gasteiger partial charge >= 0.3 is 0 Å². The number of hydrogen-bond donors (Lipinski definition) is 2. The lowest BCUT2D eigenvalue weighted by Gasteiger charge is -2.27. The minimum Gasteiger partial charge on any atom is -0.490 e. The molecule has 0 unspecified atom stereocenters. The first-order valence-corrected chi connectivity index (χ1v) is 13.5. The highest BCUT2D eigenvalue weighted by atomic mass is 79.9. The van der Waals surface area contributed by atoms with Crippen molar-refractivity contribution in [3.05, 3.63) is 128 Å². The molecule has 4 aromatic carbocycles. The Kier molecular flexibility index (Phi) is 9.33. The van der Waals surface area contributed by atoms with E-state index in [0.717, 1.165) is 10.0 Å². The standard InChI is InChI=1S/C30H26Br2N2O4/c1-2-37-27-17-22(26(32)18-28(27)38-20-21-13-15-25(31)16-14-21)19-33-34-29(35)30(36,23-9-5-3-6-10-23)24-11-7-4-8-12-24/h3-19,36H,2,20H2,1H3,(H,34,35)/b33-19-. The zero-order valence-corrected chi connectivity index (χ0v) is 23.8. The summed E-state index contributed by atoms with van der Waals surface area (Å²) in [5.41, 5.74) is 3.13. The Morgan fingerprint density at radius 1 is 0.895 bits per heavy atom. The van der Waals surface area contributed by atoms with Gasteiger partial charge in [0.25, 0.3) is 5.91 Å². The maximum absolute atomic E-state index is 13.3. The van der Waals surface area contributed by atoms with Crippen molar-refractivity contribution in [2.24, 2.45) is 5.10 Å². The zero-order valence-electron chi connectivity index (χ0n) is 20.6. The normalized spacial score (nSPS) is 11.4. The lowest BCUT2D eigenvalue weighted by atomic mass is 9.85. The molecule has 0 spiro atoms. The van der Waals surface area contributed by atoms with Crippen molar-refractivity contribution in [2.75, 3.05) is 6.61 Å². The third-order valence-electron chi connectivity index (χ3n) is 5.75. The van der Waals surface area contributed by atoms with E-state index in [1.807, 2.05) is 43.3 Å². The van der Waals surface area contributed by atoms with Crippen molar-refractivity contribution in [1.82, 2.24) is 5.43 Å². The van der Waals surface area contributed by atoms with Crippen LogP contribution in [0.1, 0.15) is 29.2 Å². The van der Waals surface area contributed by atoms with Gasteiger partial charge in [0.15, 0.2) is 17.1 Å². The van der Waals surface area contributed by atoms with Crippen LogP contribution >= 0.6 is 31.9 Å². The number of hydrazone groups is 1. The molecule has 194 valence electrons. The van der Waals surface area contributed by atoms with E-state index < -0.39 is 11.5 Å². The molecule has 38 heavy (non-hydrogen) atoms. The number of carbonyl (C=O) groups excluding carboxylic acids is 1. The van der Waals surface area contributed by atoms with Gasteiger partial charge in [-0.1, -0.05) is 88.7 Å². The van der Waals surface area contributed by atoms with E-state index in [1.165, 1.54) is 6.21 Å². The Hall–Kier alpha value is -3.46. The summed E-state index contributed by atoms with van der Waals surface area (Å²) in [5.74, 6) is 0.442. The molecule has 0 radical (unpaired) electrons. The second-order valence-electron chi connectivity index (χ2n) is 8.31. The largest absolute Gasteiger partial charge is 0.490 e. The molecular weight excluding hydrogens is 612 g/mol. The predicted octanol–water partition coefficient (Wildman–Crippen LogP) is 6.58. The number of amides is 1. The Bertz CT molecular complexity index is 1360. The van der Waals surface area contributed by atoms with E-state index in [0.29, 0.717) is 45.9 Å². The predicted molar refractivity (Wildman–Crippen MR) is 155 cm³/mol. The molecule has 4 aromatic rings. The van der Waals surface area contributed by atoms with Crippen molar-refractivity contribution < 1.29 is 19.4 Å². The van der Waals surface area contributed by atoms with Crippen molar-refractivity contribution >= 4 is 44.0 Å². The van der Waals surface area contributed by atoms with Gasteiger partial charge in [0.2, 0.25) is 0 Å². The van der Waals surface area contributed by atoms with Crippen LogP contribution < -0.4 is 14.9 Å². The average Bonchev–Trinajstić information content (AvgIpc) is 2.95. The number of rotatable bonds is 10. The number of nitrogens with one attached hydrogen (secondary N) is 1. The number of aliphatic hydroxyl groups is 1. The van der Waals surface area contributed by atoms with Crippen LogP contribution in [0.3, 0.4) is 0 Å². The summed E-state index contributed by atoms with van der Waals surface area (Å²) in [4.78, 5) is 13.3. The topological polar surface area (TPSA) is 80.2 Å². The Balaban J connectivity index is 1.54. The molecule has 0 saturated heterocycles.